The number of hydrogen-bond donors (Lipinski definition) is 1. The van der Waals surface area contributed by atoms with E-state index in [1.807, 2.05) is 30.3 Å². The van der Waals surface area contributed by atoms with Crippen molar-refractivity contribution >= 4 is 22.9 Å². The van der Waals surface area contributed by atoms with Crippen LogP contribution >= 0.6 is 11.3 Å². The van der Waals surface area contributed by atoms with E-state index >= 15 is 0 Å². The first-order valence-corrected chi connectivity index (χ1v) is 11.3. The number of anilines is 1. The van der Waals surface area contributed by atoms with Gasteiger partial charge in [-0.3, -0.25) is 4.79 Å². The third-order valence-electron chi connectivity index (χ3n) is 5.13. The molecule has 3 heterocycles. The fraction of sp³-hybridized carbons (Fsp3) is 0.0833. The zero-order chi connectivity index (χ0) is 24.6. The molecule has 35 heavy (non-hydrogen) atoms. The van der Waals surface area contributed by atoms with E-state index in [4.69, 9.17) is 0 Å². The highest BCUT2D eigenvalue weighted by molar-refractivity contribution is 7.13. The molecule has 0 saturated heterocycles. The number of aromatic nitrogens is 5. The summed E-state index contributed by atoms with van der Waals surface area (Å²) in [5.41, 5.74) is 1.58. The number of para-hydroxylation sites is 1. The van der Waals surface area contributed by atoms with E-state index in [1.54, 1.807) is 48.7 Å². The Morgan fingerprint density at radius 2 is 1.66 bits per heavy atom. The first-order valence-electron chi connectivity index (χ1n) is 10.4. The van der Waals surface area contributed by atoms with E-state index in [0.717, 1.165) is 11.8 Å². The summed E-state index contributed by atoms with van der Waals surface area (Å²) in [7, 11) is 0. The first kappa shape index (κ1) is 22.5. The monoisotopic (exact) mass is 494 g/mol. The zero-order valence-electron chi connectivity index (χ0n) is 18.2. The SMILES string of the molecule is Cc1nn(-c2ccccc2)nc1C(=O)Nc1ccc(-n2nc(C(F)(F)F)cc2-c2cccs2)cc1. The minimum atomic E-state index is -4.57. The molecule has 1 amide bonds. The molecule has 0 fully saturated rings. The highest BCUT2D eigenvalue weighted by atomic mass is 32.1. The van der Waals surface area contributed by atoms with E-state index in [-0.39, 0.29) is 5.69 Å². The van der Waals surface area contributed by atoms with Gasteiger partial charge in [0.2, 0.25) is 0 Å². The van der Waals surface area contributed by atoms with Crippen molar-refractivity contribution in [3.05, 3.63) is 95.3 Å². The molecule has 11 heteroatoms. The largest absolute Gasteiger partial charge is 0.435 e. The maximum Gasteiger partial charge on any atom is 0.435 e. The van der Waals surface area contributed by atoms with Gasteiger partial charge in [0, 0.05) is 5.69 Å². The van der Waals surface area contributed by atoms with E-state index in [9.17, 15) is 18.0 Å². The lowest BCUT2D eigenvalue weighted by atomic mass is 10.2. The Hall–Kier alpha value is -4.25. The number of nitrogens with zero attached hydrogens (tertiary/aromatic N) is 5. The van der Waals surface area contributed by atoms with Crippen molar-refractivity contribution in [2.24, 2.45) is 0 Å². The van der Waals surface area contributed by atoms with Crippen LogP contribution < -0.4 is 5.32 Å². The molecule has 1 N–H and O–H groups in total. The molecule has 0 spiro atoms. The second kappa shape index (κ2) is 8.84. The summed E-state index contributed by atoms with van der Waals surface area (Å²) >= 11 is 1.32. The number of nitrogens with one attached hydrogen (secondary N) is 1. The summed E-state index contributed by atoms with van der Waals surface area (Å²) < 4.78 is 41.2. The summed E-state index contributed by atoms with van der Waals surface area (Å²) in [6.07, 6.45) is -4.57. The van der Waals surface area contributed by atoms with Gasteiger partial charge < -0.3 is 5.32 Å². The molecule has 5 rings (SSSR count). The van der Waals surface area contributed by atoms with Crippen molar-refractivity contribution in [1.29, 1.82) is 0 Å². The predicted octanol–water partition coefficient (Wildman–Crippen LogP) is 5.76. The Morgan fingerprint density at radius 1 is 0.914 bits per heavy atom. The van der Waals surface area contributed by atoms with Gasteiger partial charge in [-0.15, -0.1) is 16.4 Å². The fourth-order valence-corrected chi connectivity index (χ4v) is 4.18. The lowest BCUT2D eigenvalue weighted by Crippen LogP contribution is -2.14. The second-order valence-electron chi connectivity index (χ2n) is 7.56. The van der Waals surface area contributed by atoms with Crippen molar-refractivity contribution in [2.75, 3.05) is 5.32 Å². The number of hydrogen-bond acceptors (Lipinski definition) is 5. The van der Waals surface area contributed by atoms with Crippen LogP contribution in [0.4, 0.5) is 18.9 Å². The third-order valence-corrected chi connectivity index (χ3v) is 6.02. The van der Waals surface area contributed by atoms with Crippen molar-refractivity contribution in [3.63, 3.8) is 0 Å². The predicted molar refractivity (Wildman–Crippen MR) is 126 cm³/mol. The molecular formula is C24H17F3N6OS. The molecule has 176 valence electrons. The van der Waals surface area contributed by atoms with Crippen LogP contribution in [0.15, 0.2) is 78.2 Å². The molecule has 0 aliphatic rings. The molecule has 2 aromatic carbocycles. The molecule has 5 aromatic rings. The van der Waals surface area contributed by atoms with E-state index < -0.39 is 17.8 Å². The van der Waals surface area contributed by atoms with Gasteiger partial charge in [-0.1, -0.05) is 24.3 Å². The van der Waals surface area contributed by atoms with Crippen LogP contribution in [-0.2, 0) is 6.18 Å². The average molecular weight is 495 g/mol. The molecule has 7 nitrogen and oxygen atoms in total. The summed E-state index contributed by atoms with van der Waals surface area (Å²) in [5, 5.41) is 16.9. The van der Waals surface area contributed by atoms with E-state index in [2.05, 4.69) is 20.6 Å². The number of thiophene rings is 1. The van der Waals surface area contributed by atoms with Gasteiger partial charge in [0.25, 0.3) is 5.91 Å². The van der Waals surface area contributed by atoms with Gasteiger partial charge >= 0.3 is 6.18 Å². The number of amides is 1. The van der Waals surface area contributed by atoms with Gasteiger partial charge in [0.05, 0.1) is 27.6 Å². The molecular weight excluding hydrogens is 477 g/mol. The van der Waals surface area contributed by atoms with Crippen LogP contribution in [0.3, 0.4) is 0 Å². The number of rotatable bonds is 5. The maximum atomic E-state index is 13.3. The van der Waals surface area contributed by atoms with Crippen molar-refractivity contribution in [1.82, 2.24) is 24.8 Å². The Bertz CT molecular complexity index is 1470. The summed E-state index contributed by atoms with van der Waals surface area (Å²) in [6, 6.07) is 20.1. The number of alkyl halides is 3. The second-order valence-corrected chi connectivity index (χ2v) is 8.51. The van der Waals surface area contributed by atoms with Gasteiger partial charge in [0.15, 0.2) is 11.4 Å². The molecule has 0 atom stereocenters. The van der Waals surface area contributed by atoms with Crippen LogP contribution in [0.1, 0.15) is 21.9 Å². The fourth-order valence-electron chi connectivity index (χ4n) is 3.46. The van der Waals surface area contributed by atoms with Gasteiger partial charge in [-0.05, 0) is 60.8 Å². The van der Waals surface area contributed by atoms with Crippen LogP contribution in [0.5, 0.6) is 0 Å². The van der Waals surface area contributed by atoms with Gasteiger partial charge in [-0.25, -0.2) is 4.68 Å². The lowest BCUT2D eigenvalue weighted by Gasteiger charge is -2.08. The molecule has 0 saturated carbocycles. The van der Waals surface area contributed by atoms with Crippen molar-refractivity contribution < 1.29 is 18.0 Å². The zero-order valence-corrected chi connectivity index (χ0v) is 19.0. The standard InChI is InChI=1S/C24H17F3N6OS/c1-15-22(31-33(29-15)18-6-3-2-4-7-18)23(34)28-16-9-11-17(12-10-16)32-19(20-8-5-13-35-20)14-21(30-32)24(25,26)27/h2-14H,1H3,(H,28,34). The molecule has 0 radical (unpaired) electrons. The lowest BCUT2D eigenvalue weighted by molar-refractivity contribution is -0.141. The van der Waals surface area contributed by atoms with Crippen LogP contribution in [0.25, 0.3) is 21.9 Å². The first-order chi connectivity index (χ1) is 16.8. The number of benzene rings is 2. The third kappa shape index (κ3) is 4.58. The maximum absolute atomic E-state index is 13.3. The normalized spacial score (nSPS) is 11.5. The average Bonchev–Trinajstić information content (AvgIpc) is 3.59. The Balaban J connectivity index is 1.39. The summed E-state index contributed by atoms with van der Waals surface area (Å²) in [6.45, 7) is 1.69. The number of aryl methyl sites for hydroxylation is 1. The topological polar surface area (TPSA) is 77.6 Å². The highest BCUT2D eigenvalue weighted by Crippen LogP contribution is 2.34. The Morgan fingerprint density at radius 3 is 2.31 bits per heavy atom. The minimum absolute atomic E-state index is 0.166. The van der Waals surface area contributed by atoms with Crippen LogP contribution in [0.2, 0.25) is 0 Å². The number of carbonyl (C=O) groups is 1. The van der Waals surface area contributed by atoms with Crippen molar-refractivity contribution in [2.45, 2.75) is 13.1 Å². The van der Waals surface area contributed by atoms with E-state index in [1.165, 1.54) is 20.8 Å². The Labute approximate surface area is 201 Å². The number of halogens is 3. The van der Waals surface area contributed by atoms with Crippen molar-refractivity contribution in [3.8, 4) is 21.9 Å². The molecule has 0 bridgehead atoms. The molecule has 0 aliphatic carbocycles. The van der Waals surface area contributed by atoms with Crippen LogP contribution in [-0.4, -0.2) is 30.7 Å². The van der Waals surface area contributed by atoms with Gasteiger partial charge in [-0.2, -0.15) is 28.2 Å². The summed E-state index contributed by atoms with van der Waals surface area (Å²) in [5.74, 6) is -0.449. The molecule has 0 aliphatic heterocycles. The smallest absolute Gasteiger partial charge is 0.321 e. The quantitative estimate of drug-likeness (QED) is 0.337. The van der Waals surface area contributed by atoms with Crippen LogP contribution in [0, 0.1) is 6.92 Å². The minimum Gasteiger partial charge on any atom is -0.321 e. The van der Waals surface area contributed by atoms with E-state index in [0.29, 0.717) is 27.6 Å². The Kier molecular flexibility index (Phi) is 5.69. The highest BCUT2D eigenvalue weighted by Gasteiger charge is 2.35. The molecule has 0 unspecified atom stereocenters. The number of carbonyl (C=O) groups excluding carboxylic acids is 1. The summed E-state index contributed by atoms with van der Waals surface area (Å²) in [4.78, 5) is 14.8. The molecule has 3 aromatic heterocycles. The van der Waals surface area contributed by atoms with Gasteiger partial charge in [0.1, 0.15) is 0 Å².